The molecule has 0 radical (unpaired) electrons. The SMILES string of the molecule is C(#Cc1ccc(-c2ccc(C#Cc3ccccc3)cc2C#Cc2ccccc2)c(C#Cc2ccccc2)c1)c1ccccc1. The van der Waals surface area contributed by atoms with Crippen LogP contribution < -0.4 is 0 Å². The summed E-state index contributed by atoms with van der Waals surface area (Å²) in [7, 11) is 0. The Labute approximate surface area is 260 Å². The van der Waals surface area contributed by atoms with E-state index in [1.54, 1.807) is 0 Å². The van der Waals surface area contributed by atoms with Crippen molar-refractivity contribution >= 4 is 0 Å². The van der Waals surface area contributed by atoms with Gasteiger partial charge in [-0.15, -0.1) is 0 Å². The van der Waals surface area contributed by atoms with Crippen LogP contribution in [0.1, 0.15) is 44.5 Å². The van der Waals surface area contributed by atoms with Crippen molar-refractivity contribution in [1.29, 1.82) is 0 Å². The molecule has 0 bridgehead atoms. The maximum absolute atomic E-state index is 3.43. The lowest BCUT2D eigenvalue weighted by molar-refractivity contribution is 1.52. The van der Waals surface area contributed by atoms with E-state index in [-0.39, 0.29) is 0 Å². The van der Waals surface area contributed by atoms with Crippen LogP contribution in [0.4, 0.5) is 0 Å². The highest BCUT2D eigenvalue weighted by Gasteiger charge is 2.10. The Bertz CT molecular complexity index is 1980. The van der Waals surface area contributed by atoms with Gasteiger partial charge < -0.3 is 0 Å². The molecule has 0 fully saturated rings. The third-order valence-corrected chi connectivity index (χ3v) is 6.81. The molecule has 0 N–H and O–H groups in total. The van der Waals surface area contributed by atoms with Crippen molar-refractivity contribution in [2.45, 2.75) is 0 Å². The van der Waals surface area contributed by atoms with Gasteiger partial charge in [0.1, 0.15) is 0 Å². The molecule has 0 unspecified atom stereocenters. The van der Waals surface area contributed by atoms with E-state index < -0.39 is 0 Å². The van der Waals surface area contributed by atoms with Crippen LogP contribution in [0.5, 0.6) is 0 Å². The fourth-order valence-electron chi connectivity index (χ4n) is 4.57. The van der Waals surface area contributed by atoms with Crippen molar-refractivity contribution < 1.29 is 0 Å². The van der Waals surface area contributed by atoms with Crippen LogP contribution in [0.2, 0.25) is 0 Å². The van der Waals surface area contributed by atoms with E-state index in [1.165, 1.54) is 0 Å². The quantitative estimate of drug-likeness (QED) is 0.178. The van der Waals surface area contributed by atoms with Gasteiger partial charge >= 0.3 is 0 Å². The first kappa shape index (κ1) is 27.7. The molecule has 0 saturated heterocycles. The van der Waals surface area contributed by atoms with E-state index >= 15 is 0 Å². The Morgan fingerprint density at radius 1 is 0.227 bits per heavy atom. The van der Waals surface area contributed by atoms with Gasteiger partial charge in [-0.05, 0) is 83.9 Å². The molecule has 6 aromatic carbocycles. The zero-order valence-electron chi connectivity index (χ0n) is 24.0. The van der Waals surface area contributed by atoms with E-state index in [1.807, 2.05) is 121 Å². The molecule has 0 heteroatoms. The molecule has 0 atom stereocenters. The van der Waals surface area contributed by atoms with E-state index in [0.29, 0.717) is 0 Å². The fourth-order valence-corrected chi connectivity index (χ4v) is 4.57. The van der Waals surface area contributed by atoms with Crippen LogP contribution in [-0.4, -0.2) is 0 Å². The number of benzene rings is 6. The third-order valence-electron chi connectivity index (χ3n) is 6.81. The zero-order valence-corrected chi connectivity index (χ0v) is 24.0. The molecular weight excluding hydrogens is 528 g/mol. The van der Waals surface area contributed by atoms with Gasteiger partial charge in [0.25, 0.3) is 0 Å². The summed E-state index contributed by atoms with van der Waals surface area (Å²) in [5.41, 5.74) is 9.42. The topological polar surface area (TPSA) is 0 Å². The Morgan fingerprint density at radius 2 is 0.500 bits per heavy atom. The summed E-state index contributed by atoms with van der Waals surface area (Å²) in [5, 5.41) is 0. The van der Waals surface area contributed by atoms with E-state index in [0.717, 1.165) is 55.6 Å². The largest absolute Gasteiger partial charge is 0.0622 e. The second-order valence-electron chi connectivity index (χ2n) is 9.98. The molecule has 44 heavy (non-hydrogen) atoms. The number of rotatable bonds is 1. The molecule has 0 aliphatic carbocycles. The first-order chi connectivity index (χ1) is 21.8. The summed E-state index contributed by atoms with van der Waals surface area (Å²) in [6, 6.07) is 52.5. The molecule has 0 aliphatic rings. The van der Waals surface area contributed by atoms with Crippen LogP contribution >= 0.6 is 0 Å². The standard InChI is InChI=1S/C44H26/c1-5-13-35(14-6-1)21-23-39-27-31-43(41(33-39)29-25-37-17-9-3-10-18-37)44-32-28-40(24-22-36-15-7-2-8-16-36)34-42(44)30-26-38-19-11-4-12-20-38/h1-20,27-28,31-34H. The van der Waals surface area contributed by atoms with Crippen LogP contribution in [0.25, 0.3) is 11.1 Å². The average Bonchev–Trinajstić information content (AvgIpc) is 3.10. The summed E-state index contributed by atoms with van der Waals surface area (Å²) in [5.74, 6) is 26.7. The van der Waals surface area contributed by atoms with E-state index in [9.17, 15) is 0 Å². The minimum atomic E-state index is 0.889. The first-order valence-electron chi connectivity index (χ1n) is 14.4. The van der Waals surface area contributed by atoms with Crippen molar-refractivity contribution in [2.75, 3.05) is 0 Å². The summed E-state index contributed by atoms with van der Waals surface area (Å²) >= 11 is 0. The first-order valence-corrected chi connectivity index (χ1v) is 14.4. The van der Waals surface area contributed by atoms with E-state index in [4.69, 9.17) is 0 Å². The monoisotopic (exact) mass is 554 g/mol. The van der Waals surface area contributed by atoms with Crippen molar-refractivity contribution in [3.63, 3.8) is 0 Å². The van der Waals surface area contributed by atoms with Gasteiger partial charge in [0.15, 0.2) is 0 Å². The van der Waals surface area contributed by atoms with Gasteiger partial charge in [0, 0.05) is 44.5 Å². The predicted octanol–water partition coefficient (Wildman–Crippen LogP) is 8.95. The summed E-state index contributed by atoms with van der Waals surface area (Å²) in [6.07, 6.45) is 0. The average molecular weight is 555 g/mol. The van der Waals surface area contributed by atoms with Gasteiger partial charge in [-0.2, -0.15) is 0 Å². The van der Waals surface area contributed by atoms with Crippen LogP contribution in [0.3, 0.4) is 0 Å². The van der Waals surface area contributed by atoms with Crippen molar-refractivity contribution in [3.8, 4) is 58.5 Å². The fraction of sp³-hybridized carbons (Fsp3) is 0. The predicted molar refractivity (Wildman–Crippen MR) is 182 cm³/mol. The molecule has 0 aliphatic heterocycles. The smallest absolute Gasteiger partial charge is 0.0340 e. The molecule has 0 spiro atoms. The molecule has 6 aromatic rings. The normalized spacial score (nSPS) is 9.55. The maximum atomic E-state index is 3.43. The lowest BCUT2D eigenvalue weighted by Crippen LogP contribution is -1.92. The number of hydrogen-bond acceptors (Lipinski definition) is 0. The molecular formula is C44H26. The Kier molecular flexibility index (Phi) is 8.79. The second-order valence-corrected chi connectivity index (χ2v) is 9.98. The zero-order chi connectivity index (χ0) is 29.8. The lowest BCUT2D eigenvalue weighted by atomic mass is 9.92. The second kappa shape index (κ2) is 14.0. The van der Waals surface area contributed by atoms with Gasteiger partial charge in [-0.3, -0.25) is 0 Å². The Morgan fingerprint density at radius 3 is 0.818 bits per heavy atom. The Hall–Kier alpha value is -6.44. The third kappa shape index (κ3) is 7.44. The van der Waals surface area contributed by atoms with Gasteiger partial charge in [0.2, 0.25) is 0 Å². The molecule has 0 saturated carbocycles. The van der Waals surface area contributed by atoms with Crippen molar-refractivity contribution in [1.82, 2.24) is 0 Å². The highest BCUT2D eigenvalue weighted by atomic mass is 14.1. The summed E-state index contributed by atoms with van der Waals surface area (Å²) < 4.78 is 0. The molecule has 202 valence electrons. The summed E-state index contributed by atoms with van der Waals surface area (Å²) in [4.78, 5) is 0. The van der Waals surface area contributed by atoms with Crippen LogP contribution in [0.15, 0.2) is 158 Å². The van der Waals surface area contributed by atoms with E-state index in [2.05, 4.69) is 83.8 Å². The highest BCUT2D eigenvalue weighted by Crippen LogP contribution is 2.29. The van der Waals surface area contributed by atoms with Crippen LogP contribution in [0, 0.1) is 47.4 Å². The van der Waals surface area contributed by atoms with Crippen molar-refractivity contribution in [2.24, 2.45) is 0 Å². The minimum Gasteiger partial charge on any atom is -0.0622 e. The molecule has 0 aromatic heterocycles. The van der Waals surface area contributed by atoms with Gasteiger partial charge in [-0.1, -0.05) is 132 Å². The lowest BCUT2D eigenvalue weighted by Gasteiger charge is -2.10. The minimum absolute atomic E-state index is 0.889. The molecule has 0 heterocycles. The molecule has 0 amide bonds. The summed E-state index contributed by atoms with van der Waals surface area (Å²) in [6.45, 7) is 0. The Balaban J connectivity index is 1.47. The van der Waals surface area contributed by atoms with Gasteiger partial charge in [0.05, 0.1) is 0 Å². The van der Waals surface area contributed by atoms with Gasteiger partial charge in [-0.25, -0.2) is 0 Å². The highest BCUT2D eigenvalue weighted by molar-refractivity contribution is 5.79. The number of hydrogen-bond donors (Lipinski definition) is 0. The molecule has 0 nitrogen and oxygen atoms in total. The van der Waals surface area contributed by atoms with Crippen LogP contribution in [-0.2, 0) is 0 Å². The maximum Gasteiger partial charge on any atom is 0.0340 e. The molecule has 6 rings (SSSR count). The van der Waals surface area contributed by atoms with Crippen molar-refractivity contribution in [3.05, 3.63) is 202 Å².